The highest BCUT2D eigenvalue weighted by atomic mass is 79.9. The molecule has 0 spiro atoms. The van der Waals surface area contributed by atoms with Crippen LogP contribution in [-0.4, -0.2) is 4.98 Å². The fourth-order valence-corrected chi connectivity index (χ4v) is 3.07. The molecule has 3 heteroatoms. The number of aryl methyl sites for hydroxylation is 3. The molecule has 0 atom stereocenters. The predicted molar refractivity (Wildman–Crippen MR) is 83.0 cm³/mol. The molecular weight excluding hydrogens is 300 g/mol. The Labute approximate surface area is 122 Å². The van der Waals surface area contributed by atoms with Crippen LogP contribution in [0.3, 0.4) is 0 Å². The van der Waals surface area contributed by atoms with E-state index in [9.17, 15) is 0 Å². The largest absolute Gasteiger partial charge is 0.340 e. The topological polar surface area (TPSA) is 24.9 Å². The van der Waals surface area contributed by atoms with Crippen LogP contribution in [0.15, 0.2) is 34.9 Å². The van der Waals surface area contributed by atoms with Crippen molar-refractivity contribution in [3.63, 3.8) is 0 Å². The second-order valence-electron chi connectivity index (χ2n) is 5.13. The highest BCUT2D eigenvalue weighted by molar-refractivity contribution is 9.10. The van der Waals surface area contributed by atoms with Gasteiger partial charge in [0.2, 0.25) is 0 Å². The second kappa shape index (κ2) is 5.33. The molecular formula is C16H17BrN2. The summed E-state index contributed by atoms with van der Waals surface area (Å²) in [5.41, 5.74) is 5.29. The molecule has 2 nitrogen and oxygen atoms in total. The maximum absolute atomic E-state index is 4.43. The monoisotopic (exact) mass is 316 g/mol. The molecule has 2 aromatic rings. The van der Waals surface area contributed by atoms with Crippen LogP contribution in [-0.2, 0) is 12.8 Å². The Morgan fingerprint density at radius 1 is 1.11 bits per heavy atom. The van der Waals surface area contributed by atoms with Gasteiger partial charge >= 0.3 is 0 Å². The van der Waals surface area contributed by atoms with Gasteiger partial charge in [-0.15, -0.1) is 0 Å². The first-order chi connectivity index (χ1) is 9.22. The van der Waals surface area contributed by atoms with Crippen LogP contribution in [0, 0.1) is 6.92 Å². The minimum Gasteiger partial charge on any atom is -0.340 e. The number of fused-ring (bicyclic) bond motifs is 1. The molecule has 0 radical (unpaired) electrons. The van der Waals surface area contributed by atoms with Crippen LogP contribution < -0.4 is 5.32 Å². The number of halogens is 1. The minimum atomic E-state index is 0.930. The summed E-state index contributed by atoms with van der Waals surface area (Å²) in [6, 6.07) is 8.77. The maximum atomic E-state index is 4.43. The van der Waals surface area contributed by atoms with Gasteiger partial charge in [0, 0.05) is 16.4 Å². The maximum Gasteiger partial charge on any atom is 0.133 e. The first-order valence-corrected chi connectivity index (χ1v) is 7.52. The summed E-state index contributed by atoms with van der Waals surface area (Å²) in [5, 5.41) is 3.42. The molecule has 3 rings (SSSR count). The zero-order chi connectivity index (χ0) is 13.2. The number of hydrogen-bond acceptors (Lipinski definition) is 2. The number of anilines is 2. The van der Waals surface area contributed by atoms with Gasteiger partial charge in [0.05, 0.1) is 0 Å². The SMILES string of the molecule is Cc1cc(Br)cnc1Nc1ccc2c(c1)CCCC2. The molecule has 0 saturated heterocycles. The van der Waals surface area contributed by atoms with E-state index in [1.165, 1.54) is 36.8 Å². The van der Waals surface area contributed by atoms with Crippen molar-refractivity contribution in [2.45, 2.75) is 32.6 Å². The average molecular weight is 317 g/mol. The molecule has 1 heterocycles. The number of hydrogen-bond donors (Lipinski definition) is 1. The smallest absolute Gasteiger partial charge is 0.133 e. The summed E-state index contributed by atoms with van der Waals surface area (Å²) in [6.45, 7) is 2.07. The summed E-state index contributed by atoms with van der Waals surface area (Å²) in [4.78, 5) is 4.43. The van der Waals surface area contributed by atoms with E-state index in [1.807, 2.05) is 6.20 Å². The number of aromatic nitrogens is 1. The molecule has 0 bridgehead atoms. The van der Waals surface area contributed by atoms with E-state index in [0.29, 0.717) is 0 Å². The van der Waals surface area contributed by atoms with E-state index in [-0.39, 0.29) is 0 Å². The lowest BCUT2D eigenvalue weighted by Gasteiger charge is -2.17. The Hall–Kier alpha value is -1.35. The third-order valence-corrected chi connectivity index (χ3v) is 4.09. The van der Waals surface area contributed by atoms with Gasteiger partial charge in [-0.2, -0.15) is 0 Å². The van der Waals surface area contributed by atoms with Crippen LogP contribution >= 0.6 is 15.9 Å². The lowest BCUT2D eigenvalue weighted by molar-refractivity contribution is 0.686. The van der Waals surface area contributed by atoms with Crippen molar-refractivity contribution in [3.8, 4) is 0 Å². The summed E-state index contributed by atoms with van der Waals surface area (Å²) in [6.07, 6.45) is 6.90. The van der Waals surface area contributed by atoms with Crippen molar-refractivity contribution >= 4 is 27.4 Å². The zero-order valence-corrected chi connectivity index (χ0v) is 12.6. The number of nitrogens with one attached hydrogen (secondary N) is 1. The molecule has 1 aromatic carbocycles. The van der Waals surface area contributed by atoms with E-state index >= 15 is 0 Å². The van der Waals surface area contributed by atoms with E-state index in [0.717, 1.165) is 21.5 Å². The van der Waals surface area contributed by atoms with Crippen LogP contribution in [0.5, 0.6) is 0 Å². The van der Waals surface area contributed by atoms with Crippen LogP contribution in [0.1, 0.15) is 29.5 Å². The Morgan fingerprint density at radius 3 is 2.68 bits per heavy atom. The zero-order valence-electron chi connectivity index (χ0n) is 11.0. The number of pyridine rings is 1. The lowest BCUT2D eigenvalue weighted by atomic mass is 9.91. The highest BCUT2D eigenvalue weighted by Crippen LogP contribution is 2.27. The molecule has 0 fully saturated rings. The first-order valence-electron chi connectivity index (χ1n) is 6.73. The van der Waals surface area contributed by atoms with Crippen molar-refractivity contribution in [1.29, 1.82) is 0 Å². The molecule has 0 unspecified atom stereocenters. The third kappa shape index (κ3) is 2.81. The molecule has 1 aliphatic carbocycles. The summed E-state index contributed by atoms with van der Waals surface area (Å²) in [7, 11) is 0. The van der Waals surface area contributed by atoms with Gasteiger partial charge < -0.3 is 5.32 Å². The highest BCUT2D eigenvalue weighted by Gasteiger charge is 2.10. The van der Waals surface area contributed by atoms with E-state index in [2.05, 4.69) is 57.4 Å². The minimum absolute atomic E-state index is 0.930. The van der Waals surface area contributed by atoms with Crippen molar-refractivity contribution in [2.75, 3.05) is 5.32 Å². The quantitative estimate of drug-likeness (QED) is 0.862. The third-order valence-electron chi connectivity index (χ3n) is 3.66. The van der Waals surface area contributed by atoms with Gasteiger partial charge in [0.1, 0.15) is 5.82 Å². The van der Waals surface area contributed by atoms with Gasteiger partial charge in [-0.05, 0) is 83.4 Å². The molecule has 0 amide bonds. The Morgan fingerprint density at radius 2 is 1.89 bits per heavy atom. The van der Waals surface area contributed by atoms with Gasteiger partial charge in [0.15, 0.2) is 0 Å². The molecule has 1 aromatic heterocycles. The number of benzene rings is 1. The van der Waals surface area contributed by atoms with Gasteiger partial charge in [-0.3, -0.25) is 0 Å². The Bertz CT molecular complexity index is 608. The molecule has 1 N–H and O–H groups in total. The van der Waals surface area contributed by atoms with E-state index in [4.69, 9.17) is 0 Å². The van der Waals surface area contributed by atoms with Crippen LogP contribution in [0.25, 0.3) is 0 Å². The normalized spacial score (nSPS) is 14.0. The summed E-state index contributed by atoms with van der Waals surface area (Å²) in [5.74, 6) is 0.930. The van der Waals surface area contributed by atoms with Crippen molar-refractivity contribution < 1.29 is 0 Å². The fourth-order valence-electron chi connectivity index (χ4n) is 2.62. The van der Waals surface area contributed by atoms with Crippen molar-refractivity contribution in [3.05, 3.63) is 51.6 Å². The van der Waals surface area contributed by atoms with Gasteiger partial charge in [-0.1, -0.05) is 6.07 Å². The Balaban J connectivity index is 1.87. The molecule has 0 saturated carbocycles. The lowest BCUT2D eigenvalue weighted by Crippen LogP contribution is -2.04. The number of rotatable bonds is 2. The number of nitrogens with zero attached hydrogens (tertiary/aromatic N) is 1. The van der Waals surface area contributed by atoms with Gasteiger partial charge in [-0.25, -0.2) is 4.98 Å². The Kier molecular flexibility index (Phi) is 3.56. The van der Waals surface area contributed by atoms with E-state index in [1.54, 1.807) is 0 Å². The fraction of sp³-hybridized carbons (Fsp3) is 0.312. The standard InChI is InChI=1S/C16H17BrN2/c1-11-8-14(17)10-18-16(11)19-15-7-6-12-4-2-3-5-13(12)9-15/h6-10H,2-5H2,1H3,(H,18,19). The van der Waals surface area contributed by atoms with Crippen LogP contribution in [0.4, 0.5) is 11.5 Å². The van der Waals surface area contributed by atoms with Gasteiger partial charge in [0.25, 0.3) is 0 Å². The van der Waals surface area contributed by atoms with Crippen LogP contribution in [0.2, 0.25) is 0 Å². The molecule has 19 heavy (non-hydrogen) atoms. The summed E-state index contributed by atoms with van der Waals surface area (Å²) < 4.78 is 1.01. The van der Waals surface area contributed by atoms with Crippen molar-refractivity contribution in [1.82, 2.24) is 4.98 Å². The molecule has 98 valence electrons. The molecule has 0 aliphatic heterocycles. The molecule has 1 aliphatic rings. The summed E-state index contributed by atoms with van der Waals surface area (Å²) >= 11 is 3.44. The first kappa shape index (κ1) is 12.7. The van der Waals surface area contributed by atoms with E-state index < -0.39 is 0 Å². The average Bonchev–Trinajstić information content (AvgIpc) is 2.42. The second-order valence-corrected chi connectivity index (χ2v) is 6.05. The predicted octanol–water partition coefficient (Wildman–Crippen LogP) is 4.77. The van der Waals surface area contributed by atoms with Crippen molar-refractivity contribution in [2.24, 2.45) is 0 Å².